The number of methoxy groups -OCH3 is 1. The van der Waals surface area contributed by atoms with Crippen LogP contribution in [0, 0.1) is 0 Å². The van der Waals surface area contributed by atoms with E-state index in [1.165, 1.54) is 0 Å². The Bertz CT molecular complexity index is 545. The highest BCUT2D eigenvalue weighted by atomic mass is 16.5. The number of hydrogen-bond donors (Lipinski definition) is 1. The maximum absolute atomic E-state index is 5.74. The summed E-state index contributed by atoms with van der Waals surface area (Å²) in [6.45, 7) is 9.24. The molecule has 0 spiro atoms. The molecule has 7 nitrogen and oxygen atoms in total. The summed E-state index contributed by atoms with van der Waals surface area (Å²) in [5.74, 6) is 1.56. The molecule has 0 radical (unpaired) electrons. The van der Waals surface area contributed by atoms with Gasteiger partial charge >= 0.3 is 0 Å². The smallest absolute Gasteiger partial charge is 0.218 e. The second-order valence-corrected chi connectivity index (χ2v) is 6.12. The number of hydrogen-bond acceptors (Lipinski definition) is 5. The van der Waals surface area contributed by atoms with Crippen molar-refractivity contribution in [2.24, 2.45) is 4.99 Å². The molecule has 0 aliphatic carbocycles. The third-order valence-corrected chi connectivity index (χ3v) is 4.25. The molecule has 0 amide bonds. The fourth-order valence-electron chi connectivity index (χ4n) is 2.95. The van der Waals surface area contributed by atoms with Gasteiger partial charge in [0.2, 0.25) is 5.88 Å². The van der Waals surface area contributed by atoms with Gasteiger partial charge in [0.05, 0.1) is 19.3 Å². The summed E-state index contributed by atoms with van der Waals surface area (Å²) in [6, 6.07) is 3.91. The SMILES string of the molecule is CCNC(=NCc1cccnc1OCCOC)N1CCC(OCC)CC1. The Hall–Kier alpha value is -1.86. The van der Waals surface area contributed by atoms with Crippen molar-refractivity contribution in [3.63, 3.8) is 0 Å². The fraction of sp³-hybridized carbons (Fsp3) is 0.684. The van der Waals surface area contributed by atoms with E-state index in [1.807, 2.05) is 12.1 Å². The number of aliphatic imine (C=N–C) groups is 1. The number of likely N-dealkylation sites (tertiary alicyclic amines) is 1. The van der Waals surface area contributed by atoms with E-state index < -0.39 is 0 Å². The molecule has 0 saturated carbocycles. The summed E-state index contributed by atoms with van der Waals surface area (Å²) >= 11 is 0. The van der Waals surface area contributed by atoms with Crippen LogP contribution < -0.4 is 10.1 Å². The van der Waals surface area contributed by atoms with E-state index in [4.69, 9.17) is 19.2 Å². The second kappa shape index (κ2) is 11.7. The Labute approximate surface area is 156 Å². The standard InChI is InChI=1S/C19H32N4O3/c1-4-20-19(23-11-8-17(9-12-23)25-5-2)22-15-16-7-6-10-21-18(16)26-14-13-24-3/h6-7,10,17H,4-5,8-9,11-15H2,1-3H3,(H,20,22). The lowest BCUT2D eigenvalue weighted by atomic mass is 10.1. The number of ether oxygens (including phenoxy) is 3. The average molecular weight is 364 g/mol. The molecule has 1 fully saturated rings. The van der Waals surface area contributed by atoms with E-state index in [2.05, 4.69) is 29.0 Å². The molecule has 1 aromatic heterocycles. The molecule has 0 atom stereocenters. The Morgan fingerprint density at radius 3 is 2.81 bits per heavy atom. The van der Waals surface area contributed by atoms with Crippen LogP contribution in [0.2, 0.25) is 0 Å². The third kappa shape index (κ3) is 6.46. The van der Waals surface area contributed by atoms with Crippen LogP contribution in [0.3, 0.4) is 0 Å². The Kier molecular flexibility index (Phi) is 9.20. The van der Waals surface area contributed by atoms with Crippen LogP contribution in [0.15, 0.2) is 23.3 Å². The normalized spacial score (nSPS) is 16.0. The molecule has 26 heavy (non-hydrogen) atoms. The first-order valence-electron chi connectivity index (χ1n) is 9.48. The highest BCUT2D eigenvalue weighted by Crippen LogP contribution is 2.17. The molecule has 2 heterocycles. The molecule has 1 N–H and O–H groups in total. The van der Waals surface area contributed by atoms with Crippen molar-refractivity contribution >= 4 is 5.96 Å². The number of rotatable bonds is 9. The van der Waals surface area contributed by atoms with Gasteiger partial charge in [-0.25, -0.2) is 9.98 Å². The number of aromatic nitrogens is 1. The predicted molar refractivity (Wildman–Crippen MR) is 103 cm³/mol. The van der Waals surface area contributed by atoms with E-state index in [1.54, 1.807) is 13.3 Å². The summed E-state index contributed by atoms with van der Waals surface area (Å²) in [7, 11) is 1.66. The van der Waals surface area contributed by atoms with Crippen molar-refractivity contribution in [2.75, 3.05) is 46.6 Å². The van der Waals surface area contributed by atoms with Crippen LogP contribution in [0.4, 0.5) is 0 Å². The van der Waals surface area contributed by atoms with Crippen LogP contribution in [0.25, 0.3) is 0 Å². The summed E-state index contributed by atoms with van der Waals surface area (Å²) < 4.78 is 16.5. The molecule has 1 aliphatic heterocycles. The minimum absolute atomic E-state index is 0.373. The quantitative estimate of drug-likeness (QED) is 0.411. The third-order valence-electron chi connectivity index (χ3n) is 4.25. The first-order valence-corrected chi connectivity index (χ1v) is 9.48. The van der Waals surface area contributed by atoms with Crippen molar-refractivity contribution in [2.45, 2.75) is 39.3 Å². The van der Waals surface area contributed by atoms with Gasteiger partial charge in [-0.05, 0) is 32.8 Å². The van der Waals surface area contributed by atoms with Gasteiger partial charge < -0.3 is 24.4 Å². The Morgan fingerprint density at radius 2 is 2.12 bits per heavy atom. The average Bonchev–Trinajstić information content (AvgIpc) is 2.67. The lowest BCUT2D eigenvalue weighted by Gasteiger charge is -2.34. The van der Waals surface area contributed by atoms with Crippen molar-refractivity contribution in [3.8, 4) is 5.88 Å². The monoisotopic (exact) mass is 364 g/mol. The van der Waals surface area contributed by atoms with Crippen LogP contribution >= 0.6 is 0 Å². The van der Waals surface area contributed by atoms with E-state index in [0.717, 1.165) is 50.6 Å². The van der Waals surface area contributed by atoms with Crippen LogP contribution in [-0.2, 0) is 16.0 Å². The fourth-order valence-corrected chi connectivity index (χ4v) is 2.95. The van der Waals surface area contributed by atoms with Crippen molar-refractivity contribution in [1.82, 2.24) is 15.2 Å². The number of pyridine rings is 1. The molecule has 1 aromatic rings. The predicted octanol–water partition coefficient (Wildman–Crippen LogP) is 2.07. The number of nitrogens with one attached hydrogen (secondary N) is 1. The minimum Gasteiger partial charge on any atom is -0.475 e. The zero-order valence-corrected chi connectivity index (χ0v) is 16.2. The highest BCUT2D eigenvalue weighted by Gasteiger charge is 2.21. The van der Waals surface area contributed by atoms with Gasteiger partial charge in [-0.15, -0.1) is 0 Å². The molecular formula is C19H32N4O3. The molecule has 146 valence electrons. The van der Waals surface area contributed by atoms with Crippen LogP contribution in [0.5, 0.6) is 5.88 Å². The van der Waals surface area contributed by atoms with Gasteiger partial charge in [0, 0.05) is 45.1 Å². The van der Waals surface area contributed by atoms with E-state index in [9.17, 15) is 0 Å². The molecule has 0 unspecified atom stereocenters. The van der Waals surface area contributed by atoms with Gasteiger partial charge in [0.1, 0.15) is 6.61 Å². The van der Waals surface area contributed by atoms with Gasteiger partial charge in [-0.1, -0.05) is 6.07 Å². The Morgan fingerprint density at radius 1 is 1.31 bits per heavy atom. The first kappa shape index (κ1) is 20.5. The number of piperidine rings is 1. The van der Waals surface area contributed by atoms with E-state index >= 15 is 0 Å². The summed E-state index contributed by atoms with van der Waals surface area (Å²) in [4.78, 5) is 11.4. The van der Waals surface area contributed by atoms with E-state index in [0.29, 0.717) is 31.7 Å². The highest BCUT2D eigenvalue weighted by molar-refractivity contribution is 5.80. The largest absolute Gasteiger partial charge is 0.475 e. The van der Waals surface area contributed by atoms with E-state index in [-0.39, 0.29) is 0 Å². The molecule has 7 heteroatoms. The van der Waals surface area contributed by atoms with Crippen molar-refractivity contribution in [3.05, 3.63) is 23.9 Å². The topological polar surface area (TPSA) is 68.2 Å². The lowest BCUT2D eigenvalue weighted by Crippen LogP contribution is -2.47. The summed E-state index contributed by atoms with van der Waals surface area (Å²) in [6.07, 6.45) is 4.18. The molecule has 0 aromatic carbocycles. The van der Waals surface area contributed by atoms with Crippen LogP contribution in [-0.4, -0.2) is 68.5 Å². The Balaban J connectivity index is 1.99. The maximum Gasteiger partial charge on any atom is 0.218 e. The molecule has 1 saturated heterocycles. The van der Waals surface area contributed by atoms with Crippen LogP contribution in [0.1, 0.15) is 32.3 Å². The maximum atomic E-state index is 5.74. The second-order valence-electron chi connectivity index (χ2n) is 6.12. The molecule has 0 bridgehead atoms. The zero-order chi connectivity index (χ0) is 18.6. The summed E-state index contributed by atoms with van der Waals surface area (Å²) in [5.41, 5.74) is 0.975. The van der Waals surface area contributed by atoms with Crippen molar-refractivity contribution in [1.29, 1.82) is 0 Å². The van der Waals surface area contributed by atoms with Gasteiger partial charge in [-0.2, -0.15) is 0 Å². The van der Waals surface area contributed by atoms with Gasteiger partial charge in [0.25, 0.3) is 0 Å². The first-order chi connectivity index (χ1) is 12.8. The summed E-state index contributed by atoms with van der Waals surface area (Å²) in [5, 5.41) is 3.40. The number of nitrogens with zero attached hydrogens (tertiary/aromatic N) is 3. The van der Waals surface area contributed by atoms with Gasteiger partial charge in [0.15, 0.2) is 5.96 Å². The molecule has 2 rings (SSSR count). The zero-order valence-electron chi connectivity index (χ0n) is 16.2. The van der Waals surface area contributed by atoms with Gasteiger partial charge in [-0.3, -0.25) is 0 Å². The van der Waals surface area contributed by atoms with Crippen molar-refractivity contribution < 1.29 is 14.2 Å². The number of guanidine groups is 1. The minimum atomic E-state index is 0.373. The molecular weight excluding hydrogens is 332 g/mol. The molecule has 1 aliphatic rings. The lowest BCUT2D eigenvalue weighted by molar-refractivity contribution is 0.0263.